The molecule has 2 heterocycles. The van der Waals surface area contributed by atoms with Gasteiger partial charge in [-0.15, -0.1) is 0 Å². The molecule has 1 atom stereocenters. The Morgan fingerprint density at radius 1 is 1.04 bits per heavy atom. The number of rotatable bonds is 6. The van der Waals surface area contributed by atoms with Crippen molar-refractivity contribution in [2.75, 3.05) is 6.54 Å². The molecular weight excluding hydrogens is 284 g/mol. The lowest BCUT2D eigenvalue weighted by molar-refractivity contribution is 0.574. The van der Waals surface area contributed by atoms with Crippen LogP contribution in [0.15, 0.2) is 61.1 Å². The van der Waals surface area contributed by atoms with Crippen LogP contribution in [0.3, 0.4) is 0 Å². The third kappa shape index (κ3) is 3.85. The Kier molecular flexibility index (Phi) is 4.83. The fraction of sp³-hybridized carbons (Fsp3) is 0.263. The zero-order valence-electron chi connectivity index (χ0n) is 13.6. The van der Waals surface area contributed by atoms with Gasteiger partial charge in [-0.3, -0.25) is 4.98 Å². The summed E-state index contributed by atoms with van der Waals surface area (Å²) in [7, 11) is 0. The lowest BCUT2D eigenvalue weighted by Crippen LogP contribution is -2.21. The highest BCUT2D eigenvalue weighted by Crippen LogP contribution is 2.16. The SMILES string of the molecule is Cc1nccn1-c1ccc([C@@H](C)NCCc2ccccn2)cc1. The number of hydrogen-bond acceptors (Lipinski definition) is 3. The van der Waals surface area contributed by atoms with Crippen LogP contribution in [-0.4, -0.2) is 21.1 Å². The molecule has 0 radical (unpaired) electrons. The lowest BCUT2D eigenvalue weighted by Gasteiger charge is -2.15. The van der Waals surface area contributed by atoms with Crippen molar-refractivity contribution >= 4 is 0 Å². The fourth-order valence-electron chi connectivity index (χ4n) is 2.66. The minimum atomic E-state index is 0.316. The zero-order valence-corrected chi connectivity index (χ0v) is 13.6. The summed E-state index contributed by atoms with van der Waals surface area (Å²) in [5, 5.41) is 3.55. The van der Waals surface area contributed by atoms with Gasteiger partial charge in [-0.25, -0.2) is 4.98 Å². The van der Waals surface area contributed by atoms with Gasteiger partial charge in [0, 0.05) is 49.0 Å². The first-order chi connectivity index (χ1) is 11.2. The normalized spacial score (nSPS) is 12.3. The van der Waals surface area contributed by atoms with Crippen molar-refractivity contribution in [1.82, 2.24) is 19.9 Å². The first kappa shape index (κ1) is 15.4. The number of imidazole rings is 1. The number of hydrogen-bond donors (Lipinski definition) is 1. The van der Waals surface area contributed by atoms with Crippen LogP contribution in [0.1, 0.15) is 30.0 Å². The highest BCUT2D eigenvalue weighted by molar-refractivity contribution is 5.36. The van der Waals surface area contributed by atoms with E-state index in [1.807, 2.05) is 37.6 Å². The second kappa shape index (κ2) is 7.20. The monoisotopic (exact) mass is 306 g/mol. The molecule has 0 saturated carbocycles. The van der Waals surface area contributed by atoms with E-state index in [1.54, 1.807) is 0 Å². The van der Waals surface area contributed by atoms with Crippen molar-refractivity contribution in [3.05, 3.63) is 78.1 Å². The number of nitrogens with zero attached hydrogens (tertiary/aromatic N) is 3. The van der Waals surface area contributed by atoms with Crippen LogP contribution in [-0.2, 0) is 6.42 Å². The van der Waals surface area contributed by atoms with E-state index in [0.29, 0.717) is 6.04 Å². The summed E-state index contributed by atoms with van der Waals surface area (Å²) in [6.45, 7) is 5.12. The van der Waals surface area contributed by atoms with Gasteiger partial charge in [-0.1, -0.05) is 18.2 Å². The average Bonchev–Trinajstić information content (AvgIpc) is 3.02. The molecule has 23 heavy (non-hydrogen) atoms. The predicted octanol–water partition coefficient (Wildman–Crippen LogP) is 3.47. The molecule has 118 valence electrons. The molecule has 0 aliphatic rings. The Balaban J connectivity index is 1.57. The molecule has 0 aliphatic heterocycles. The highest BCUT2D eigenvalue weighted by atomic mass is 15.1. The smallest absolute Gasteiger partial charge is 0.110 e. The fourth-order valence-corrected chi connectivity index (χ4v) is 2.66. The highest BCUT2D eigenvalue weighted by Gasteiger charge is 2.06. The average molecular weight is 306 g/mol. The molecule has 0 fully saturated rings. The van der Waals surface area contributed by atoms with Gasteiger partial charge in [0.15, 0.2) is 0 Å². The van der Waals surface area contributed by atoms with E-state index >= 15 is 0 Å². The van der Waals surface area contributed by atoms with Crippen LogP contribution in [0.25, 0.3) is 5.69 Å². The van der Waals surface area contributed by atoms with Gasteiger partial charge in [0.1, 0.15) is 5.82 Å². The molecule has 4 heteroatoms. The summed E-state index contributed by atoms with van der Waals surface area (Å²) in [4.78, 5) is 8.61. The van der Waals surface area contributed by atoms with Gasteiger partial charge in [0.05, 0.1) is 0 Å². The predicted molar refractivity (Wildman–Crippen MR) is 92.7 cm³/mol. The van der Waals surface area contributed by atoms with Crippen LogP contribution in [0, 0.1) is 6.92 Å². The molecule has 0 bridgehead atoms. The maximum Gasteiger partial charge on any atom is 0.110 e. The van der Waals surface area contributed by atoms with E-state index in [-0.39, 0.29) is 0 Å². The summed E-state index contributed by atoms with van der Waals surface area (Å²) in [5.41, 5.74) is 3.55. The van der Waals surface area contributed by atoms with Crippen LogP contribution >= 0.6 is 0 Å². The van der Waals surface area contributed by atoms with Crippen LogP contribution in [0.4, 0.5) is 0 Å². The number of aryl methyl sites for hydroxylation is 1. The summed E-state index contributed by atoms with van der Waals surface area (Å²) in [6, 6.07) is 15.0. The van der Waals surface area contributed by atoms with Crippen molar-refractivity contribution in [3.8, 4) is 5.69 Å². The number of benzene rings is 1. The number of nitrogens with one attached hydrogen (secondary N) is 1. The molecule has 4 nitrogen and oxygen atoms in total. The standard InChI is InChI=1S/C19H22N4/c1-15(20-12-10-18-5-3-4-11-22-18)17-6-8-19(9-7-17)23-14-13-21-16(23)2/h3-9,11,13-15,20H,10,12H2,1-2H3/t15-/m1/s1. The second-order valence-electron chi connectivity index (χ2n) is 5.68. The summed E-state index contributed by atoms with van der Waals surface area (Å²) in [5.74, 6) is 0.999. The summed E-state index contributed by atoms with van der Waals surface area (Å²) >= 11 is 0. The van der Waals surface area contributed by atoms with Crippen molar-refractivity contribution in [2.45, 2.75) is 26.3 Å². The number of pyridine rings is 1. The van der Waals surface area contributed by atoms with Gasteiger partial charge in [0.2, 0.25) is 0 Å². The topological polar surface area (TPSA) is 42.7 Å². The Morgan fingerprint density at radius 3 is 2.52 bits per heavy atom. The van der Waals surface area contributed by atoms with Gasteiger partial charge in [-0.05, 0) is 43.7 Å². The van der Waals surface area contributed by atoms with Crippen molar-refractivity contribution < 1.29 is 0 Å². The Bertz CT molecular complexity index is 732. The van der Waals surface area contributed by atoms with Gasteiger partial charge >= 0.3 is 0 Å². The minimum Gasteiger partial charge on any atom is -0.310 e. The van der Waals surface area contributed by atoms with Gasteiger partial charge in [0.25, 0.3) is 0 Å². The molecule has 0 unspecified atom stereocenters. The molecule has 3 aromatic rings. The Labute approximate surface area is 137 Å². The third-order valence-corrected chi connectivity index (χ3v) is 4.05. The molecule has 1 aromatic carbocycles. The lowest BCUT2D eigenvalue weighted by atomic mass is 10.1. The Morgan fingerprint density at radius 2 is 1.87 bits per heavy atom. The molecule has 0 aliphatic carbocycles. The van der Waals surface area contributed by atoms with Crippen molar-refractivity contribution in [2.24, 2.45) is 0 Å². The third-order valence-electron chi connectivity index (χ3n) is 4.05. The first-order valence-electron chi connectivity index (χ1n) is 7.97. The second-order valence-corrected chi connectivity index (χ2v) is 5.68. The largest absolute Gasteiger partial charge is 0.310 e. The number of aromatic nitrogens is 3. The molecule has 0 saturated heterocycles. The maximum atomic E-state index is 4.35. The quantitative estimate of drug-likeness (QED) is 0.758. The van der Waals surface area contributed by atoms with Crippen molar-refractivity contribution in [3.63, 3.8) is 0 Å². The van der Waals surface area contributed by atoms with E-state index in [0.717, 1.165) is 30.2 Å². The van der Waals surface area contributed by atoms with Crippen LogP contribution in [0.2, 0.25) is 0 Å². The maximum absolute atomic E-state index is 4.35. The van der Waals surface area contributed by atoms with E-state index < -0.39 is 0 Å². The van der Waals surface area contributed by atoms with Crippen LogP contribution in [0.5, 0.6) is 0 Å². The summed E-state index contributed by atoms with van der Waals surface area (Å²) < 4.78 is 2.09. The van der Waals surface area contributed by atoms with Gasteiger partial charge in [-0.2, -0.15) is 0 Å². The molecule has 2 aromatic heterocycles. The molecule has 0 amide bonds. The summed E-state index contributed by atoms with van der Waals surface area (Å²) in [6.07, 6.45) is 6.59. The Hall–Kier alpha value is -2.46. The van der Waals surface area contributed by atoms with Gasteiger partial charge < -0.3 is 9.88 Å². The molecule has 0 spiro atoms. The van der Waals surface area contributed by atoms with E-state index in [9.17, 15) is 0 Å². The van der Waals surface area contributed by atoms with Crippen molar-refractivity contribution in [1.29, 1.82) is 0 Å². The first-order valence-corrected chi connectivity index (χ1v) is 7.97. The molecule has 1 N–H and O–H groups in total. The minimum absolute atomic E-state index is 0.316. The van der Waals surface area contributed by atoms with E-state index in [1.165, 1.54) is 5.56 Å². The molecular formula is C19H22N4. The molecule has 3 rings (SSSR count). The van der Waals surface area contributed by atoms with E-state index in [2.05, 4.69) is 57.1 Å². The zero-order chi connectivity index (χ0) is 16.1. The van der Waals surface area contributed by atoms with Crippen LogP contribution < -0.4 is 5.32 Å². The van der Waals surface area contributed by atoms with E-state index in [4.69, 9.17) is 0 Å².